The highest BCUT2D eigenvalue weighted by Gasteiger charge is 2.24. The van der Waals surface area contributed by atoms with Crippen LogP contribution in [0.4, 0.5) is 0 Å². The Bertz CT molecular complexity index is 836. The lowest BCUT2D eigenvalue weighted by atomic mass is 9.86. The maximum Gasteiger partial charge on any atom is 0.361 e. The van der Waals surface area contributed by atoms with E-state index in [4.69, 9.17) is 16.3 Å². The summed E-state index contributed by atoms with van der Waals surface area (Å²) in [5.74, 6) is -0.521. The Morgan fingerprint density at radius 2 is 2.07 bits per heavy atom. The number of aromatic nitrogens is 3. The molecule has 1 N–H and O–H groups in total. The van der Waals surface area contributed by atoms with Crippen molar-refractivity contribution in [3.63, 3.8) is 0 Å². The maximum atomic E-state index is 12.3. The smallest absolute Gasteiger partial charge is 0.361 e. The molecule has 1 aromatic heterocycles. The number of benzene rings is 1. The normalized spacial score (nSPS) is 19.5. The molecule has 1 aromatic carbocycles. The number of hydrogen-bond donors (Lipinski definition) is 1. The molecule has 8 heteroatoms. The summed E-state index contributed by atoms with van der Waals surface area (Å²) in [6.07, 6.45) is 4.38. The van der Waals surface area contributed by atoms with Gasteiger partial charge in [-0.2, -0.15) is 9.90 Å². The van der Waals surface area contributed by atoms with Gasteiger partial charge in [-0.1, -0.05) is 37.4 Å². The molecule has 0 bridgehead atoms. The number of aryl methyl sites for hydroxylation is 1. The predicted octanol–water partition coefficient (Wildman–Crippen LogP) is 3.08. The largest absolute Gasteiger partial charge is 0.451 e. The van der Waals surface area contributed by atoms with Crippen molar-refractivity contribution in [2.75, 3.05) is 6.61 Å². The Labute approximate surface area is 163 Å². The van der Waals surface area contributed by atoms with E-state index in [9.17, 15) is 9.59 Å². The molecular formula is C19H23ClN4O3. The van der Waals surface area contributed by atoms with E-state index in [1.165, 1.54) is 11.2 Å². The van der Waals surface area contributed by atoms with Gasteiger partial charge in [-0.15, -0.1) is 5.10 Å². The molecule has 0 spiro atoms. The molecule has 0 saturated heterocycles. The van der Waals surface area contributed by atoms with Crippen LogP contribution in [0, 0.1) is 12.8 Å². The van der Waals surface area contributed by atoms with Gasteiger partial charge in [0.25, 0.3) is 5.91 Å². The first kappa shape index (κ1) is 19.4. The molecule has 1 aliphatic rings. The topological polar surface area (TPSA) is 86.1 Å². The third-order valence-electron chi connectivity index (χ3n) is 4.81. The van der Waals surface area contributed by atoms with Crippen LogP contribution in [0.1, 0.15) is 48.8 Å². The van der Waals surface area contributed by atoms with Crippen LogP contribution in [-0.4, -0.2) is 39.5 Å². The van der Waals surface area contributed by atoms with Gasteiger partial charge in [-0.05, 0) is 43.9 Å². The lowest BCUT2D eigenvalue weighted by Crippen LogP contribution is -2.42. The molecular weight excluding hydrogens is 368 g/mol. The minimum Gasteiger partial charge on any atom is -0.451 e. The van der Waals surface area contributed by atoms with E-state index >= 15 is 0 Å². The van der Waals surface area contributed by atoms with Crippen LogP contribution in [0.3, 0.4) is 0 Å². The average molecular weight is 391 g/mol. The molecule has 144 valence electrons. The number of hydrogen-bond acceptors (Lipinski definition) is 5. The van der Waals surface area contributed by atoms with E-state index in [-0.39, 0.29) is 24.2 Å². The summed E-state index contributed by atoms with van der Waals surface area (Å²) in [5, 5.41) is 11.9. The summed E-state index contributed by atoms with van der Waals surface area (Å²) in [6, 6.07) is 7.12. The third kappa shape index (κ3) is 4.86. The van der Waals surface area contributed by atoms with E-state index in [1.54, 1.807) is 31.2 Å². The summed E-state index contributed by atoms with van der Waals surface area (Å²) >= 11 is 5.97. The molecule has 3 rings (SSSR count). The Morgan fingerprint density at radius 1 is 1.30 bits per heavy atom. The molecule has 2 aromatic rings. The predicted molar refractivity (Wildman–Crippen MR) is 101 cm³/mol. The number of halogens is 1. The quantitative estimate of drug-likeness (QED) is 0.793. The van der Waals surface area contributed by atoms with Crippen molar-refractivity contribution >= 4 is 23.5 Å². The van der Waals surface area contributed by atoms with Crippen molar-refractivity contribution in [3.05, 3.63) is 40.7 Å². The number of amides is 1. The van der Waals surface area contributed by atoms with Crippen LogP contribution in [0.2, 0.25) is 5.02 Å². The van der Waals surface area contributed by atoms with E-state index in [1.807, 2.05) is 0 Å². The fourth-order valence-corrected chi connectivity index (χ4v) is 3.45. The Morgan fingerprint density at radius 3 is 2.81 bits per heavy atom. The highest BCUT2D eigenvalue weighted by Crippen LogP contribution is 2.23. The van der Waals surface area contributed by atoms with Gasteiger partial charge >= 0.3 is 5.97 Å². The average Bonchev–Trinajstić information content (AvgIpc) is 3.03. The molecule has 1 aliphatic carbocycles. The van der Waals surface area contributed by atoms with Gasteiger partial charge in [0.05, 0.1) is 11.4 Å². The van der Waals surface area contributed by atoms with Crippen molar-refractivity contribution in [3.8, 4) is 5.69 Å². The third-order valence-corrected chi connectivity index (χ3v) is 5.04. The van der Waals surface area contributed by atoms with E-state index in [0.29, 0.717) is 22.3 Å². The van der Waals surface area contributed by atoms with Crippen LogP contribution in [0.5, 0.6) is 0 Å². The van der Waals surface area contributed by atoms with Crippen molar-refractivity contribution < 1.29 is 14.3 Å². The number of rotatable bonds is 5. The summed E-state index contributed by atoms with van der Waals surface area (Å²) in [7, 11) is 0. The van der Waals surface area contributed by atoms with E-state index < -0.39 is 5.97 Å². The fourth-order valence-electron chi connectivity index (χ4n) is 3.26. The zero-order chi connectivity index (χ0) is 19.4. The van der Waals surface area contributed by atoms with Gasteiger partial charge in [-0.25, -0.2) is 4.79 Å². The minimum absolute atomic E-state index is 0.0776. The first-order valence-electron chi connectivity index (χ1n) is 9.10. The molecule has 7 nitrogen and oxygen atoms in total. The van der Waals surface area contributed by atoms with Crippen LogP contribution in [0.25, 0.3) is 5.69 Å². The molecule has 1 heterocycles. The molecule has 0 unspecified atom stereocenters. The molecule has 27 heavy (non-hydrogen) atoms. The molecule has 1 fully saturated rings. The van der Waals surface area contributed by atoms with Crippen molar-refractivity contribution in [2.45, 2.75) is 45.6 Å². The lowest BCUT2D eigenvalue weighted by Gasteiger charge is -2.29. The molecule has 1 amide bonds. The zero-order valence-corrected chi connectivity index (χ0v) is 16.2. The van der Waals surface area contributed by atoms with Crippen molar-refractivity contribution in [1.82, 2.24) is 20.3 Å². The molecule has 0 aliphatic heterocycles. The number of esters is 1. The number of carbonyl (C=O) groups is 2. The first-order valence-corrected chi connectivity index (χ1v) is 9.48. The second-order valence-corrected chi connectivity index (χ2v) is 7.35. The summed E-state index contributed by atoms with van der Waals surface area (Å²) in [4.78, 5) is 25.7. The van der Waals surface area contributed by atoms with Gasteiger partial charge < -0.3 is 10.1 Å². The van der Waals surface area contributed by atoms with Crippen LogP contribution in [-0.2, 0) is 9.53 Å². The van der Waals surface area contributed by atoms with Gasteiger partial charge in [-0.3, -0.25) is 4.79 Å². The SMILES string of the molecule is Cc1nn(-c2cccc(Cl)c2)nc1C(=O)OCC(=O)N[C@H]1CCCC[C@H]1C. The van der Waals surface area contributed by atoms with Crippen molar-refractivity contribution in [2.24, 2.45) is 5.92 Å². The number of nitrogens with one attached hydrogen (secondary N) is 1. The highest BCUT2D eigenvalue weighted by molar-refractivity contribution is 6.30. The Balaban J connectivity index is 1.59. The Hall–Kier alpha value is -2.41. The molecule has 2 atom stereocenters. The second-order valence-electron chi connectivity index (χ2n) is 6.92. The van der Waals surface area contributed by atoms with Crippen LogP contribution >= 0.6 is 11.6 Å². The summed E-state index contributed by atoms with van der Waals surface area (Å²) in [5.41, 5.74) is 1.13. The number of ether oxygens (including phenoxy) is 1. The number of nitrogens with zero attached hydrogens (tertiary/aromatic N) is 3. The number of carbonyl (C=O) groups excluding carboxylic acids is 2. The second kappa shape index (κ2) is 8.52. The van der Waals surface area contributed by atoms with Gasteiger partial charge in [0.15, 0.2) is 12.3 Å². The molecule has 0 radical (unpaired) electrons. The van der Waals surface area contributed by atoms with Crippen LogP contribution < -0.4 is 5.32 Å². The van der Waals surface area contributed by atoms with Gasteiger partial charge in [0, 0.05) is 11.1 Å². The van der Waals surface area contributed by atoms with E-state index in [2.05, 4.69) is 22.4 Å². The Kier molecular flexibility index (Phi) is 6.11. The minimum atomic E-state index is -0.673. The standard InChI is InChI=1S/C19H23ClN4O3/c1-12-6-3-4-9-16(12)21-17(25)11-27-19(26)18-13(2)22-24(23-18)15-8-5-7-14(20)10-15/h5,7-8,10,12,16H,3-4,6,9,11H2,1-2H3,(H,21,25)/t12-,16+/m1/s1. The first-order chi connectivity index (χ1) is 12.9. The summed E-state index contributed by atoms with van der Waals surface area (Å²) in [6.45, 7) is 3.47. The van der Waals surface area contributed by atoms with Crippen LogP contribution in [0.15, 0.2) is 24.3 Å². The highest BCUT2D eigenvalue weighted by atomic mass is 35.5. The zero-order valence-electron chi connectivity index (χ0n) is 15.4. The van der Waals surface area contributed by atoms with Gasteiger partial charge in [0.1, 0.15) is 0 Å². The lowest BCUT2D eigenvalue weighted by molar-refractivity contribution is -0.125. The van der Waals surface area contributed by atoms with Crippen molar-refractivity contribution in [1.29, 1.82) is 0 Å². The summed E-state index contributed by atoms with van der Waals surface area (Å²) < 4.78 is 5.13. The maximum absolute atomic E-state index is 12.3. The molecule has 1 saturated carbocycles. The monoisotopic (exact) mass is 390 g/mol. The van der Waals surface area contributed by atoms with E-state index in [0.717, 1.165) is 19.3 Å². The fraction of sp³-hybridized carbons (Fsp3) is 0.474. The van der Waals surface area contributed by atoms with Gasteiger partial charge in [0.2, 0.25) is 0 Å².